The summed E-state index contributed by atoms with van der Waals surface area (Å²) in [7, 11) is 0. The van der Waals surface area contributed by atoms with Crippen molar-refractivity contribution in [1.82, 2.24) is 29.7 Å². The minimum atomic E-state index is -0.115. The first-order chi connectivity index (χ1) is 15.8. The van der Waals surface area contributed by atoms with Crippen molar-refractivity contribution in [2.75, 3.05) is 57.3 Å². The largest absolute Gasteiger partial charge is 0.371 e. The first kappa shape index (κ1) is 21.6. The molecule has 0 spiro atoms. The first-order valence-electron chi connectivity index (χ1n) is 12.6. The van der Waals surface area contributed by atoms with Crippen molar-refractivity contribution in [2.45, 2.75) is 57.4 Å². The van der Waals surface area contributed by atoms with Crippen LogP contribution in [0.3, 0.4) is 0 Å². The number of carbonyl (C=O) groups is 1. The number of pyridine rings is 1. The van der Waals surface area contributed by atoms with Crippen LogP contribution in [0.25, 0.3) is 5.65 Å². The smallest absolute Gasteiger partial charge is 0.289 e. The number of hydrogen-bond acceptors (Lipinski definition) is 6. The number of anilines is 1. The average Bonchev–Trinajstić information content (AvgIpc) is 3.41. The second-order valence-corrected chi connectivity index (χ2v) is 9.68. The fraction of sp³-hybridized carbons (Fsp3) is 0.708. The summed E-state index contributed by atoms with van der Waals surface area (Å²) in [6.07, 6.45) is 11.8. The molecule has 3 saturated heterocycles. The van der Waals surface area contributed by atoms with E-state index in [2.05, 4.69) is 42.3 Å². The van der Waals surface area contributed by atoms with Gasteiger partial charge in [0.25, 0.3) is 5.91 Å². The van der Waals surface area contributed by atoms with Crippen molar-refractivity contribution in [3.8, 4) is 0 Å². The highest BCUT2D eigenvalue weighted by atomic mass is 16.2. The number of carbonyl (C=O) groups excluding carboxylic acids is 1. The van der Waals surface area contributed by atoms with E-state index in [1.54, 1.807) is 0 Å². The highest BCUT2D eigenvalue weighted by molar-refractivity contribution is 5.91. The van der Waals surface area contributed by atoms with E-state index in [4.69, 9.17) is 0 Å². The molecule has 3 aliphatic heterocycles. The van der Waals surface area contributed by atoms with Gasteiger partial charge in [-0.05, 0) is 57.7 Å². The molecule has 3 aliphatic rings. The Balaban J connectivity index is 1.14. The third-order valence-corrected chi connectivity index (χ3v) is 7.42. The lowest BCUT2D eigenvalue weighted by atomic mass is 10.0. The number of aromatic nitrogens is 3. The summed E-state index contributed by atoms with van der Waals surface area (Å²) in [5.74, 6) is 0.273. The number of hydrogen-bond donors (Lipinski definition) is 1. The Morgan fingerprint density at radius 3 is 2.25 bits per heavy atom. The molecule has 0 radical (unpaired) electrons. The van der Waals surface area contributed by atoms with Crippen molar-refractivity contribution in [3.05, 3.63) is 24.2 Å². The van der Waals surface area contributed by atoms with Crippen molar-refractivity contribution < 1.29 is 4.79 Å². The molecule has 0 bridgehead atoms. The Kier molecular flexibility index (Phi) is 6.88. The fourth-order valence-corrected chi connectivity index (χ4v) is 5.40. The topological polar surface area (TPSA) is 69.0 Å². The molecule has 8 nitrogen and oxygen atoms in total. The molecule has 0 aliphatic carbocycles. The summed E-state index contributed by atoms with van der Waals surface area (Å²) < 4.78 is 1.82. The van der Waals surface area contributed by atoms with E-state index in [-0.39, 0.29) is 11.9 Å². The van der Waals surface area contributed by atoms with E-state index < -0.39 is 0 Å². The maximum absolute atomic E-state index is 12.9. The Morgan fingerprint density at radius 1 is 0.875 bits per heavy atom. The van der Waals surface area contributed by atoms with Gasteiger partial charge in [-0.25, -0.2) is 0 Å². The fourth-order valence-electron chi connectivity index (χ4n) is 5.40. The lowest BCUT2D eigenvalue weighted by Gasteiger charge is -2.33. The van der Waals surface area contributed by atoms with Gasteiger partial charge in [0.15, 0.2) is 5.65 Å². The van der Waals surface area contributed by atoms with Gasteiger partial charge in [0.05, 0.1) is 0 Å². The lowest BCUT2D eigenvalue weighted by Crippen LogP contribution is -2.46. The Hall–Kier alpha value is -2.19. The number of fused-ring (bicyclic) bond motifs is 1. The molecule has 1 N–H and O–H groups in total. The predicted octanol–water partition coefficient (Wildman–Crippen LogP) is 2.40. The minimum absolute atomic E-state index is 0.115. The van der Waals surface area contributed by atoms with E-state index in [0.29, 0.717) is 5.82 Å². The third kappa shape index (κ3) is 5.07. The number of likely N-dealkylation sites (tertiary alicyclic amines) is 2. The van der Waals surface area contributed by atoms with Crippen molar-refractivity contribution in [3.63, 3.8) is 0 Å². The monoisotopic (exact) mass is 439 g/mol. The van der Waals surface area contributed by atoms with Gasteiger partial charge in [-0.3, -0.25) is 9.20 Å². The first-order valence-corrected chi connectivity index (χ1v) is 12.6. The van der Waals surface area contributed by atoms with Crippen LogP contribution in [0.15, 0.2) is 18.3 Å². The van der Waals surface area contributed by atoms with Gasteiger partial charge < -0.3 is 20.0 Å². The van der Waals surface area contributed by atoms with E-state index in [1.807, 2.05) is 10.6 Å². The summed E-state index contributed by atoms with van der Waals surface area (Å²) in [4.78, 5) is 20.5. The molecule has 0 unspecified atom stereocenters. The van der Waals surface area contributed by atoms with Crippen LogP contribution in [-0.4, -0.2) is 88.7 Å². The number of amides is 1. The second-order valence-electron chi connectivity index (χ2n) is 9.68. The molecule has 0 saturated carbocycles. The number of piperidine rings is 1. The SMILES string of the molecule is O=C(NC1CCN(CCN2CCCC2)CC1)c1nnc2cc(N3CCCCCC3)ccn12. The highest BCUT2D eigenvalue weighted by Crippen LogP contribution is 2.21. The van der Waals surface area contributed by atoms with Gasteiger partial charge >= 0.3 is 0 Å². The number of nitrogens with one attached hydrogen (secondary N) is 1. The van der Waals surface area contributed by atoms with Crippen molar-refractivity contribution in [1.29, 1.82) is 0 Å². The molecule has 0 aromatic carbocycles. The molecule has 2 aromatic heterocycles. The van der Waals surface area contributed by atoms with Crippen LogP contribution >= 0.6 is 0 Å². The Morgan fingerprint density at radius 2 is 1.53 bits per heavy atom. The molecular formula is C24H37N7O. The van der Waals surface area contributed by atoms with E-state index in [0.717, 1.165) is 51.2 Å². The van der Waals surface area contributed by atoms with Crippen LogP contribution in [0.1, 0.15) is 62.0 Å². The highest BCUT2D eigenvalue weighted by Gasteiger charge is 2.24. The zero-order chi connectivity index (χ0) is 21.8. The van der Waals surface area contributed by atoms with Crippen LogP contribution in [-0.2, 0) is 0 Å². The average molecular weight is 440 g/mol. The van der Waals surface area contributed by atoms with Gasteiger partial charge in [-0.1, -0.05) is 12.8 Å². The predicted molar refractivity (Wildman–Crippen MR) is 126 cm³/mol. The molecule has 5 heterocycles. The normalized spacial score (nSPS) is 21.8. The quantitative estimate of drug-likeness (QED) is 0.746. The summed E-state index contributed by atoms with van der Waals surface area (Å²) in [5.41, 5.74) is 1.92. The zero-order valence-corrected chi connectivity index (χ0v) is 19.2. The van der Waals surface area contributed by atoms with Gasteiger partial charge in [0, 0.05) is 63.3 Å². The minimum Gasteiger partial charge on any atom is -0.371 e. The molecule has 5 rings (SSSR count). The van der Waals surface area contributed by atoms with E-state index >= 15 is 0 Å². The summed E-state index contributed by atoms with van der Waals surface area (Å²) in [6, 6.07) is 4.37. The zero-order valence-electron chi connectivity index (χ0n) is 19.2. The molecule has 0 atom stereocenters. The third-order valence-electron chi connectivity index (χ3n) is 7.42. The van der Waals surface area contributed by atoms with Crippen LogP contribution in [0.2, 0.25) is 0 Å². The van der Waals surface area contributed by atoms with E-state index in [1.165, 1.54) is 63.8 Å². The molecule has 2 aromatic rings. The summed E-state index contributed by atoms with van der Waals surface area (Å²) in [5, 5.41) is 11.7. The summed E-state index contributed by atoms with van der Waals surface area (Å²) >= 11 is 0. The Labute approximate surface area is 190 Å². The standard InChI is InChI=1S/C24H37N7O/c32-24(25-20-7-14-29(15-8-20)18-17-28-10-5-6-11-28)23-27-26-22-19-21(9-16-31(22)23)30-12-3-1-2-4-13-30/h9,16,19-20H,1-8,10-15,17-18H2,(H,25,32). The van der Waals surface area contributed by atoms with Gasteiger partial charge in [-0.2, -0.15) is 0 Å². The van der Waals surface area contributed by atoms with Crippen molar-refractivity contribution >= 4 is 17.2 Å². The van der Waals surface area contributed by atoms with Crippen LogP contribution in [0.5, 0.6) is 0 Å². The van der Waals surface area contributed by atoms with Crippen LogP contribution in [0, 0.1) is 0 Å². The lowest BCUT2D eigenvalue weighted by molar-refractivity contribution is 0.0896. The molecule has 32 heavy (non-hydrogen) atoms. The second kappa shape index (κ2) is 10.2. The van der Waals surface area contributed by atoms with Gasteiger partial charge in [0.1, 0.15) is 0 Å². The number of rotatable bonds is 6. The maximum Gasteiger partial charge on any atom is 0.289 e. The van der Waals surface area contributed by atoms with Gasteiger partial charge in [-0.15, -0.1) is 10.2 Å². The number of nitrogens with zero attached hydrogens (tertiary/aromatic N) is 6. The molecule has 8 heteroatoms. The summed E-state index contributed by atoms with van der Waals surface area (Å²) in [6.45, 7) is 9.15. The van der Waals surface area contributed by atoms with E-state index in [9.17, 15) is 4.79 Å². The Bertz CT molecular complexity index is 891. The maximum atomic E-state index is 12.9. The molecule has 174 valence electrons. The van der Waals surface area contributed by atoms with Crippen LogP contribution in [0.4, 0.5) is 5.69 Å². The van der Waals surface area contributed by atoms with Crippen molar-refractivity contribution in [2.24, 2.45) is 0 Å². The molecule has 3 fully saturated rings. The molecular weight excluding hydrogens is 402 g/mol. The van der Waals surface area contributed by atoms with Gasteiger partial charge in [0.2, 0.25) is 5.82 Å². The van der Waals surface area contributed by atoms with Crippen LogP contribution < -0.4 is 10.2 Å². The molecule has 1 amide bonds.